The van der Waals surface area contributed by atoms with Crippen molar-refractivity contribution in [1.82, 2.24) is 0 Å². The average Bonchev–Trinajstić information content (AvgIpc) is 2.89. The maximum atomic E-state index is 13.4. The highest BCUT2D eigenvalue weighted by atomic mass is 32.2. The molecule has 0 fully saturated rings. The Kier molecular flexibility index (Phi) is 8.71. The molecule has 9 heteroatoms. The van der Waals surface area contributed by atoms with Crippen molar-refractivity contribution in [2.24, 2.45) is 0 Å². The van der Waals surface area contributed by atoms with Crippen molar-refractivity contribution in [3.8, 4) is 11.8 Å². The summed E-state index contributed by atoms with van der Waals surface area (Å²) in [4.78, 5) is 14.7. The van der Waals surface area contributed by atoms with Gasteiger partial charge in [0.15, 0.2) is 0 Å². The van der Waals surface area contributed by atoms with Crippen LogP contribution in [-0.2, 0) is 14.8 Å². The van der Waals surface area contributed by atoms with Crippen LogP contribution in [0.2, 0.25) is 0 Å². The number of benzene rings is 3. The van der Waals surface area contributed by atoms with E-state index in [9.17, 15) is 18.5 Å². The highest BCUT2D eigenvalue weighted by molar-refractivity contribution is 7.92. The van der Waals surface area contributed by atoms with E-state index in [4.69, 9.17) is 4.74 Å². The standard InChI is InChI=1S/C27H28N4O4S/c1-4-31(5-2)25-16-13-23(29-27(32)21(19-28)17-20-9-7-6-8-10-20)18-26(25)36(33,34)30-22-11-14-24(35-3)15-12-22/h6-18,30H,4-5H2,1-3H3,(H,29,32)/b21-17+. The molecule has 0 saturated heterocycles. The number of sulfonamides is 1. The summed E-state index contributed by atoms with van der Waals surface area (Å²) in [5, 5.41) is 12.2. The normalized spacial score (nSPS) is 11.3. The minimum Gasteiger partial charge on any atom is -0.497 e. The second-order valence-corrected chi connectivity index (χ2v) is 9.37. The predicted molar refractivity (Wildman–Crippen MR) is 142 cm³/mol. The summed E-state index contributed by atoms with van der Waals surface area (Å²) in [5.74, 6) is -0.0354. The van der Waals surface area contributed by atoms with Crippen LogP contribution in [0.5, 0.6) is 5.75 Å². The molecule has 36 heavy (non-hydrogen) atoms. The van der Waals surface area contributed by atoms with E-state index in [0.717, 1.165) is 0 Å². The smallest absolute Gasteiger partial charge is 0.266 e. The number of rotatable bonds is 10. The zero-order valence-corrected chi connectivity index (χ0v) is 21.2. The molecule has 3 aromatic carbocycles. The fourth-order valence-electron chi connectivity index (χ4n) is 3.56. The molecule has 0 unspecified atom stereocenters. The van der Waals surface area contributed by atoms with Gasteiger partial charge in [-0.2, -0.15) is 5.26 Å². The van der Waals surface area contributed by atoms with Gasteiger partial charge in [0, 0.05) is 24.5 Å². The second kappa shape index (κ2) is 11.9. The molecule has 3 aromatic rings. The fraction of sp³-hybridized carbons (Fsp3) is 0.185. The van der Waals surface area contributed by atoms with Crippen molar-refractivity contribution in [3.63, 3.8) is 0 Å². The molecule has 8 nitrogen and oxygen atoms in total. The van der Waals surface area contributed by atoms with E-state index >= 15 is 0 Å². The number of anilines is 3. The monoisotopic (exact) mass is 504 g/mol. The lowest BCUT2D eigenvalue weighted by Gasteiger charge is -2.25. The van der Waals surface area contributed by atoms with E-state index in [1.165, 1.54) is 19.3 Å². The van der Waals surface area contributed by atoms with Crippen molar-refractivity contribution >= 4 is 39.1 Å². The van der Waals surface area contributed by atoms with Gasteiger partial charge in [0.05, 0.1) is 12.8 Å². The van der Waals surface area contributed by atoms with Crippen LogP contribution in [0.15, 0.2) is 83.3 Å². The molecule has 2 N–H and O–H groups in total. The minimum absolute atomic E-state index is 0.00497. The lowest BCUT2D eigenvalue weighted by atomic mass is 10.1. The number of ether oxygens (including phenoxy) is 1. The topological polar surface area (TPSA) is 112 Å². The fourth-order valence-corrected chi connectivity index (χ4v) is 4.88. The summed E-state index contributed by atoms with van der Waals surface area (Å²) in [5.41, 5.74) is 1.72. The Balaban J connectivity index is 1.96. The van der Waals surface area contributed by atoms with Crippen LogP contribution in [0.3, 0.4) is 0 Å². The highest BCUT2D eigenvalue weighted by Crippen LogP contribution is 2.31. The first-order chi connectivity index (χ1) is 17.3. The van der Waals surface area contributed by atoms with Gasteiger partial charge in [0.25, 0.3) is 15.9 Å². The van der Waals surface area contributed by atoms with Crippen molar-refractivity contribution in [1.29, 1.82) is 5.26 Å². The third kappa shape index (κ3) is 6.43. The van der Waals surface area contributed by atoms with Gasteiger partial charge in [-0.25, -0.2) is 8.42 Å². The van der Waals surface area contributed by atoms with E-state index in [0.29, 0.717) is 35.8 Å². The number of carbonyl (C=O) groups excluding carboxylic acids is 1. The molecular weight excluding hydrogens is 476 g/mol. The highest BCUT2D eigenvalue weighted by Gasteiger charge is 2.23. The molecule has 186 valence electrons. The lowest BCUT2D eigenvalue weighted by Crippen LogP contribution is -2.26. The van der Waals surface area contributed by atoms with E-state index in [1.807, 2.05) is 30.9 Å². The quantitative estimate of drug-likeness (QED) is 0.300. The van der Waals surface area contributed by atoms with Crippen molar-refractivity contribution in [3.05, 3.63) is 83.9 Å². The number of nitrogens with one attached hydrogen (secondary N) is 2. The summed E-state index contributed by atoms with van der Waals surface area (Å²) in [6.07, 6.45) is 1.47. The Labute approximate surface area is 211 Å². The maximum Gasteiger partial charge on any atom is 0.266 e. The van der Waals surface area contributed by atoms with Crippen molar-refractivity contribution in [2.75, 3.05) is 35.1 Å². The van der Waals surface area contributed by atoms with Crippen molar-refractivity contribution < 1.29 is 17.9 Å². The van der Waals surface area contributed by atoms with Gasteiger partial charge in [0.2, 0.25) is 0 Å². The second-order valence-electron chi connectivity index (χ2n) is 7.72. The zero-order chi connectivity index (χ0) is 26.1. The Morgan fingerprint density at radius 2 is 1.64 bits per heavy atom. The summed E-state index contributed by atoms with van der Waals surface area (Å²) >= 11 is 0. The van der Waals surface area contributed by atoms with Crippen LogP contribution >= 0.6 is 0 Å². The SMILES string of the molecule is CCN(CC)c1ccc(NC(=O)/C(C#N)=C/c2ccccc2)cc1S(=O)(=O)Nc1ccc(OC)cc1. The summed E-state index contributed by atoms with van der Waals surface area (Å²) in [6, 6.07) is 22.1. The Hall–Kier alpha value is -4.29. The predicted octanol–water partition coefficient (Wildman–Crippen LogP) is 4.89. The summed E-state index contributed by atoms with van der Waals surface area (Å²) in [7, 11) is -2.49. The Morgan fingerprint density at radius 3 is 2.22 bits per heavy atom. The number of hydrogen-bond donors (Lipinski definition) is 2. The van der Waals surface area contributed by atoms with E-state index < -0.39 is 15.9 Å². The maximum absolute atomic E-state index is 13.4. The molecule has 0 atom stereocenters. The van der Waals surface area contributed by atoms with E-state index in [2.05, 4.69) is 10.0 Å². The summed E-state index contributed by atoms with van der Waals surface area (Å²) < 4.78 is 34.6. The van der Waals surface area contributed by atoms with Crippen LogP contribution in [-0.4, -0.2) is 34.5 Å². The molecule has 0 radical (unpaired) electrons. The van der Waals surface area contributed by atoms with Gasteiger partial charge in [-0.1, -0.05) is 30.3 Å². The van der Waals surface area contributed by atoms with Gasteiger partial charge < -0.3 is 15.0 Å². The first-order valence-electron chi connectivity index (χ1n) is 11.3. The van der Waals surface area contributed by atoms with E-state index in [1.54, 1.807) is 60.7 Å². The van der Waals surface area contributed by atoms with Crippen LogP contribution in [0.4, 0.5) is 17.1 Å². The van der Waals surface area contributed by atoms with Gasteiger partial charge in [-0.15, -0.1) is 0 Å². The molecule has 0 aliphatic rings. The average molecular weight is 505 g/mol. The zero-order valence-electron chi connectivity index (χ0n) is 20.4. The molecular formula is C27H28N4O4S. The number of methoxy groups -OCH3 is 1. The number of nitriles is 1. The van der Waals surface area contributed by atoms with Crippen LogP contribution in [0.25, 0.3) is 6.08 Å². The molecule has 0 spiro atoms. The largest absolute Gasteiger partial charge is 0.497 e. The number of hydrogen-bond acceptors (Lipinski definition) is 6. The molecule has 0 heterocycles. The Bertz CT molecular complexity index is 1380. The number of amides is 1. The third-order valence-corrected chi connectivity index (χ3v) is 6.84. The van der Waals surface area contributed by atoms with Gasteiger partial charge in [0.1, 0.15) is 22.3 Å². The van der Waals surface area contributed by atoms with Gasteiger partial charge in [-0.3, -0.25) is 9.52 Å². The van der Waals surface area contributed by atoms with Crippen LogP contribution in [0.1, 0.15) is 19.4 Å². The first kappa shape index (κ1) is 26.3. The van der Waals surface area contributed by atoms with Gasteiger partial charge >= 0.3 is 0 Å². The molecule has 3 rings (SSSR count). The number of carbonyl (C=O) groups is 1. The number of nitrogens with zero attached hydrogens (tertiary/aromatic N) is 2. The van der Waals surface area contributed by atoms with E-state index in [-0.39, 0.29) is 16.2 Å². The molecule has 0 bridgehead atoms. The first-order valence-corrected chi connectivity index (χ1v) is 12.8. The van der Waals surface area contributed by atoms with Gasteiger partial charge in [-0.05, 0) is 68.0 Å². The van der Waals surface area contributed by atoms with Crippen LogP contribution < -0.4 is 19.7 Å². The Morgan fingerprint density at radius 1 is 1.00 bits per heavy atom. The van der Waals surface area contributed by atoms with Crippen LogP contribution in [0, 0.1) is 11.3 Å². The van der Waals surface area contributed by atoms with Crippen molar-refractivity contribution in [2.45, 2.75) is 18.7 Å². The molecule has 0 saturated carbocycles. The molecule has 0 aromatic heterocycles. The molecule has 0 aliphatic carbocycles. The minimum atomic E-state index is -4.02. The molecule has 0 aliphatic heterocycles. The molecule has 1 amide bonds. The third-order valence-electron chi connectivity index (χ3n) is 5.43. The summed E-state index contributed by atoms with van der Waals surface area (Å²) in [6.45, 7) is 5.04. The lowest BCUT2D eigenvalue weighted by molar-refractivity contribution is -0.112.